The fourth-order valence-corrected chi connectivity index (χ4v) is 2.84. The SMILES string of the molecule is CNC(=O)c1cnc(/C=C/c2cc(C(=O)O)cs2)s1. The summed E-state index contributed by atoms with van der Waals surface area (Å²) >= 11 is 2.62. The second-order valence-corrected chi connectivity index (χ2v) is 5.52. The largest absolute Gasteiger partial charge is 0.478 e. The molecule has 0 aliphatic rings. The number of aromatic nitrogens is 1. The molecule has 2 N–H and O–H groups in total. The van der Waals surface area contributed by atoms with Crippen LogP contribution in [-0.4, -0.2) is 29.0 Å². The van der Waals surface area contributed by atoms with Crippen molar-refractivity contribution in [1.82, 2.24) is 10.3 Å². The minimum absolute atomic E-state index is 0.165. The molecule has 2 heterocycles. The number of carboxylic acids is 1. The summed E-state index contributed by atoms with van der Waals surface area (Å²) in [6, 6.07) is 1.59. The number of carboxylic acid groups (broad SMARTS) is 1. The molecule has 5 nitrogen and oxygen atoms in total. The molecule has 0 aliphatic heterocycles. The van der Waals surface area contributed by atoms with Crippen molar-refractivity contribution in [3.05, 3.63) is 38.0 Å². The molecule has 19 heavy (non-hydrogen) atoms. The van der Waals surface area contributed by atoms with Crippen LogP contribution in [0.3, 0.4) is 0 Å². The monoisotopic (exact) mass is 294 g/mol. The smallest absolute Gasteiger partial charge is 0.336 e. The molecule has 98 valence electrons. The fraction of sp³-hybridized carbons (Fsp3) is 0.0833. The first-order chi connectivity index (χ1) is 9.10. The Morgan fingerprint density at radius 2 is 2.21 bits per heavy atom. The van der Waals surface area contributed by atoms with Crippen molar-refractivity contribution in [2.75, 3.05) is 7.05 Å². The maximum Gasteiger partial charge on any atom is 0.336 e. The molecular weight excluding hydrogens is 284 g/mol. The molecule has 0 radical (unpaired) electrons. The summed E-state index contributed by atoms with van der Waals surface area (Å²) in [5.41, 5.74) is 0.273. The lowest BCUT2D eigenvalue weighted by atomic mass is 10.3. The normalized spacial score (nSPS) is 10.8. The van der Waals surface area contributed by atoms with E-state index in [9.17, 15) is 9.59 Å². The van der Waals surface area contributed by atoms with Gasteiger partial charge in [-0.2, -0.15) is 0 Å². The average Bonchev–Trinajstić information content (AvgIpc) is 3.04. The number of hydrogen-bond donors (Lipinski definition) is 2. The highest BCUT2D eigenvalue weighted by Gasteiger charge is 2.07. The van der Waals surface area contributed by atoms with E-state index in [4.69, 9.17) is 5.11 Å². The second kappa shape index (κ2) is 5.77. The third-order valence-corrected chi connectivity index (χ3v) is 4.09. The van der Waals surface area contributed by atoms with E-state index < -0.39 is 5.97 Å². The van der Waals surface area contributed by atoms with Gasteiger partial charge in [0.25, 0.3) is 5.91 Å². The van der Waals surface area contributed by atoms with Crippen molar-refractivity contribution in [1.29, 1.82) is 0 Å². The molecule has 0 unspecified atom stereocenters. The second-order valence-electron chi connectivity index (χ2n) is 3.52. The zero-order valence-corrected chi connectivity index (χ0v) is 11.5. The number of carbonyl (C=O) groups excluding carboxylic acids is 1. The Morgan fingerprint density at radius 1 is 1.42 bits per heavy atom. The van der Waals surface area contributed by atoms with Crippen LogP contribution < -0.4 is 5.32 Å². The maximum atomic E-state index is 11.4. The van der Waals surface area contributed by atoms with E-state index in [1.165, 1.54) is 28.9 Å². The lowest BCUT2D eigenvalue weighted by molar-refractivity contribution is 0.0697. The highest BCUT2D eigenvalue weighted by Crippen LogP contribution is 2.20. The van der Waals surface area contributed by atoms with Crippen LogP contribution >= 0.6 is 22.7 Å². The van der Waals surface area contributed by atoms with E-state index in [0.717, 1.165) is 4.88 Å². The van der Waals surface area contributed by atoms with Crippen LogP contribution in [0.25, 0.3) is 12.2 Å². The molecule has 2 aromatic heterocycles. The highest BCUT2D eigenvalue weighted by atomic mass is 32.1. The minimum atomic E-state index is -0.938. The van der Waals surface area contributed by atoms with Gasteiger partial charge in [-0.25, -0.2) is 9.78 Å². The third kappa shape index (κ3) is 3.27. The Labute approximate surface area is 117 Å². The summed E-state index contributed by atoms with van der Waals surface area (Å²) in [6.45, 7) is 0. The third-order valence-electron chi connectivity index (χ3n) is 2.23. The van der Waals surface area contributed by atoms with Gasteiger partial charge in [-0.15, -0.1) is 22.7 Å². The first-order valence-corrected chi connectivity index (χ1v) is 6.97. The molecule has 1 amide bonds. The molecule has 0 fully saturated rings. The molecule has 0 aromatic carbocycles. The van der Waals surface area contributed by atoms with Crippen molar-refractivity contribution < 1.29 is 14.7 Å². The van der Waals surface area contributed by atoms with E-state index in [0.29, 0.717) is 9.88 Å². The van der Waals surface area contributed by atoms with Gasteiger partial charge >= 0.3 is 5.97 Å². The standard InChI is InChI=1S/C12H10N2O3S2/c1-13-11(15)9-5-14-10(19-9)3-2-8-4-7(6-18-8)12(16)17/h2-6H,1H3,(H,13,15)(H,16,17)/b3-2+. The van der Waals surface area contributed by atoms with E-state index in [-0.39, 0.29) is 11.5 Å². The lowest BCUT2D eigenvalue weighted by Gasteiger charge is -1.90. The molecule has 0 saturated heterocycles. The zero-order valence-electron chi connectivity index (χ0n) is 9.91. The first-order valence-electron chi connectivity index (χ1n) is 5.28. The summed E-state index contributed by atoms with van der Waals surface area (Å²) in [5.74, 6) is -1.10. The number of rotatable bonds is 4. The molecule has 0 atom stereocenters. The molecule has 0 bridgehead atoms. The molecule has 0 aliphatic carbocycles. The quantitative estimate of drug-likeness (QED) is 0.907. The van der Waals surface area contributed by atoms with E-state index in [1.54, 1.807) is 30.6 Å². The number of hydrogen-bond acceptors (Lipinski definition) is 5. The van der Waals surface area contributed by atoms with Crippen LogP contribution in [0.2, 0.25) is 0 Å². The van der Waals surface area contributed by atoms with E-state index in [1.807, 2.05) is 0 Å². The number of thiophene rings is 1. The molecule has 2 rings (SSSR count). The number of nitrogens with zero attached hydrogens (tertiary/aromatic N) is 1. The number of thiazole rings is 1. The van der Waals surface area contributed by atoms with Gasteiger partial charge < -0.3 is 10.4 Å². The predicted octanol–water partition coefficient (Wildman–Crippen LogP) is 2.43. The van der Waals surface area contributed by atoms with Crippen LogP contribution in [0.1, 0.15) is 29.9 Å². The summed E-state index contributed by atoms with van der Waals surface area (Å²) in [6.07, 6.45) is 5.05. The number of carbonyl (C=O) groups is 2. The van der Waals surface area contributed by atoms with Gasteiger partial charge in [0, 0.05) is 17.3 Å². The first kappa shape index (κ1) is 13.4. The Bertz CT molecular complexity index is 643. The molecule has 0 saturated carbocycles. The van der Waals surface area contributed by atoms with Crippen molar-refractivity contribution in [3.63, 3.8) is 0 Å². The topological polar surface area (TPSA) is 79.3 Å². The molecule has 7 heteroatoms. The number of amides is 1. The fourth-order valence-electron chi connectivity index (χ4n) is 1.30. The highest BCUT2D eigenvalue weighted by molar-refractivity contribution is 7.14. The van der Waals surface area contributed by atoms with Crippen molar-refractivity contribution in [2.24, 2.45) is 0 Å². The molecule has 0 spiro atoms. The van der Waals surface area contributed by atoms with Crippen molar-refractivity contribution >= 4 is 46.7 Å². The molecular formula is C12H10N2O3S2. The maximum absolute atomic E-state index is 11.4. The van der Waals surface area contributed by atoms with Crippen LogP contribution in [0.5, 0.6) is 0 Å². The number of nitrogens with one attached hydrogen (secondary N) is 1. The Balaban J connectivity index is 2.11. The summed E-state index contributed by atoms with van der Waals surface area (Å²) in [7, 11) is 1.57. The van der Waals surface area contributed by atoms with Crippen LogP contribution in [0.15, 0.2) is 17.6 Å². The Morgan fingerprint density at radius 3 is 2.84 bits per heavy atom. The van der Waals surface area contributed by atoms with Gasteiger partial charge in [0.2, 0.25) is 0 Å². The van der Waals surface area contributed by atoms with Crippen LogP contribution in [-0.2, 0) is 0 Å². The van der Waals surface area contributed by atoms with Crippen molar-refractivity contribution in [2.45, 2.75) is 0 Å². The van der Waals surface area contributed by atoms with Gasteiger partial charge in [-0.05, 0) is 18.2 Å². The van der Waals surface area contributed by atoms with Crippen molar-refractivity contribution in [3.8, 4) is 0 Å². The minimum Gasteiger partial charge on any atom is -0.478 e. The van der Waals surface area contributed by atoms with Gasteiger partial charge in [0.05, 0.1) is 11.8 Å². The van der Waals surface area contributed by atoms with Gasteiger partial charge in [-0.1, -0.05) is 0 Å². The summed E-state index contributed by atoms with van der Waals surface area (Å²) in [4.78, 5) is 27.5. The Kier molecular flexibility index (Phi) is 4.08. The zero-order chi connectivity index (χ0) is 13.8. The van der Waals surface area contributed by atoms with E-state index in [2.05, 4.69) is 10.3 Å². The van der Waals surface area contributed by atoms with E-state index >= 15 is 0 Å². The summed E-state index contributed by atoms with van der Waals surface area (Å²) < 4.78 is 0. The summed E-state index contributed by atoms with van der Waals surface area (Å²) in [5, 5.41) is 13.6. The molecule has 2 aromatic rings. The van der Waals surface area contributed by atoms with Gasteiger partial charge in [0.15, 0.2) is 0 Å². The van der Waals surface area contributed by atoms with Gasteiger partial charge in [-0.3, -0.25) is 4.79 Å². The Hall–Kier alpha value is -1.99. The average molecular weight is 294 g/mol. The van der Waals surface area contributed by atoms with Crippen LogP contribution in [0, 0.1) is 0 Å². The number of aromatic carboxylic acids is 1. The van der Waals surface area contributed by atoms with Gasteiger partial charge in [0.1, 0.15) is 9.88 Å². The lowest BCUT2D eigenvalue weighted by Crippen LogP contribution is -2.16. The predicted molar refractivity (Wildman–Crippen MR) is 75.7 cm³/mol. The van der Waals surface area contributed by atoms with Crippen LogP contribution in [0.4, 0.5) is 0 Å².